The van der Waals surface area contributed by atoms with Crippen molar-refractivity contribution in [2.24, 2.45) is 4.99 Å². The second-order valence-electron chi connectivity index (χ2n) is 5.80. The summed E-state index contributed by atoms with van der Waals surface area (Å²) in [5, 5.41) is 6.64. The van der Waals surface area contributed by atoms with Crippen LogP contribution in [0.3, 0.4) is 0 Å². The molecule has 0 bridgehead atoms. The quantitative estimate of drug-likeness (QED) is 0.612. The lowest BCUT2D eigenvalue weighted by Crippen LogP contribution is -2.46. The number of hydrogen-bond acceptors (Lipinski definition) is 4. The summed E-state index contributed by atoms with van der Waals surface area (Å²) >= 11 is 0. The molecular formula is C17H30N6. The lowest BCUT2D eigenvalue weighted by atomic mass is 10.2. The fourth-order valence-corrected chi connectivity index (χ4v) is 2.69. The average molecular weight is 318 g/mol. The molecule has 0 unspecified atom stereocenters. The maximum Gasteiger partial charge on any atom is 0.191 e. The van der Waals surface area contributed by atoms with E-state index in [1.807, 2.05) is 6.20 Å². The largest absolute Gasteiger partial charge is 0.356 e. The third kappa shape index (κ3) is 5.39. The molecule has 1 fully saturated rings. The molecule has 0 saturated carbocycles. The molecule has 1 aliphatic heterocycles. The second-order valence-corrected chi connectivity index (χ2v) is 5.80. The van der Waals surface area contributed by atoms with Gasteiger partial charge in [0.1, 0.15) is 5.82 Å². The van der Waals surface area contributed by atoms with Crippen molar-refractivity contribution in [3.8, 4) is 0 Å². The van der Waals surface area contributed by atoms with Gasteiger partial charge in [0, 0.05) is 52.5 Å². The lowest BCUT2D eigenvalue weighted by molar-refractivity contribution is 0.270. The van der Waals surface area contributed by atoms with E-state index in [1.54, 1.807) is 7.05 Å². The van der Waals surface area contributed by atoms with Crippen LogP contribution in [0.4, 0.5) is 5.82 Å². The highest BCUT2D eigenvalue weighted by atomic mass is 15.3. The van der Waals surface area contributed by atoms with Gasteiger partial charge in [-0.2, -0.15) is 0 Å². The van der Waals surface area contributed by atoms with E-state index in [-0.39, 0.29) is 0 Å². The van der Waals surface area contributed by atoms with Gasteiger partial charge in [0.05, 0.1) is 0 Å². The van der Waals surface area contributed by atoms with Crippen molar-refractivity contribution in [2.45, 2.75) is 26.8 Å². The van der Waals surface area contributed by atoms with Crippen LogP contribution in [0.25, 0.3) is 0 Å². The highest BCUT2D eigenvalue weighted by molar-refractivity contribution is 5.79. The lowest BCUT2D eigenvalue weighted by Gasteiger charge is -2.34. The molecule has 0 radical (unpaired) electrons. The van der Waals surface area contributed by atoms with Gasteiger partial charge in [-0.05, 0) is 30.7 Å². The van der Waals surface area contributed by atoms with Crippen LogP contribution in [0.5, 0.6) is 0 Å². The summed E-state index contributed by atoms with van der Waals surface area (Å²) < 4.78 is 0. The van der Waals surface area contributed by atoms with E-state index in [1.165, 1.54) is 5.56 Å². The van der Waals surface area contributed by atoms with E-state index in [2.05, 4.69) is 56.4 Å². The summed E-state index contributed by atoms with van der Waals surface area (Å²) in [5.74, 6) is 1.93. The minimum atomic E-state index is 0.758. The molecule has 1 aliphatic rings. The zero-order chi connectivity index (χ0) is 16.5. The molecule has 0 atom stereocenters. The van der Waals surface area contributed by atoms with Crippen molar-refractivity contribution in [3.05, 3.63) is 23.9 Å². The van der Waals surface area contributed by atoms with Crippen LogP contribution in [0.1, 0.15) is 25.8 Å². The number of piperazine rings is 1. The molecule has 0 spiro atoms. The van der Waals surface area contributed by atoms with Crippen LogP contribution in [0.2, 0.25) is 0 Å². The van der Waals surface area contributed by atoms with E-state index in [0.717, 1.165) is 64.0 Å². The van der Waals surface area contributed by atoms with Crippen LogP contribution >= 0.6 is 0 Å². The van der Waals surface area contributed by atoms with E-state index in [4.69, 9.17) is 0 Å². The third-order valence-corrected chi connectivity index (χ3v) is 4.18. The number of likely N-dealkylation sites (N-methyl/N-ethyl adjacent to an activating group) is 1. The maximum atomic E-state index is 4.54. The fourth-order valence-electron chi connectivity index (χ4n) is 2.69. The monoisotopic (exact) mass is 318 g/mol. The number of guanidine groups is 1. The number of pyridine rings is 1. The first-order chi connectivity index (χ1) is 11.3. The van der Waals surface area contributed by atoms with Crippen LogP contribution in [-0.2, 0) is 6.54 Å². The van der Waals surface area contributed by atoms with Gasteiger partial charge in [0.2, 0.25) is 0 Å². The van der Waals surface area contributed by atoms with Gasteiger partial charge in [0.25, 0.3) is 0 Å². The Morgan fingerprint density at radius 2 is 2.00 bits per heavy atom. The highest BCUT2D eigenvalue weighted by Crippen LogP contribution is 2.15. The van der Waals surface area contributed by atoms with Gasteiger partial charge >= 0.3 is 0 Å². The number of nitrogens with zero attached hydrogens (tertiary/aromatic N) is 4. The van der Waals surface area contributed by atoms with Gasteiger partial charge in [-0.1, -0.05) is 13.8 Å². The smallest absolute Gasteiger partial charge is 0.191 e. The van der Waals surface area contributed by atoms with E-state index in [0.29, 0.717) is 0 Å². The summed E-state index contributed by atoms with van der Waals surface area (Å²) in [7, 11) is 1.80. The molecule has 23 heavy (non-hydrogen) atoms. The molecule has 2 heterocycles. The zero-order valence-corrected chi connectivity index (χ0v) is 14.7. The minimum absolute atomic E-state index is 0.758. The van der Waals surface area contributed by atoms with Gasteiger partial charge in [-0.25, -0.2) is 4.98 Å². The Kier molecular flexibility index (Phi) is 7.13. The molecule has 1 aromatic heterocycles. The van der Waals surface area contributed by atoms with Gasteiger partial charge in [-0.15, -0.1) is 0 Å². The van der Waals surface area contributed by atoms with E-state index in [9.17, 15) is 0 Å². The molecule has 0 amide bonds. The molecule has 0 aliphatic carbocycles. The highest BCUT2D eigenvalue weighted by Gasteiger charge is 2.16. The number of nitrogens with one attached hydrogen (secondary N) is 2. The summed E-state index contributed by atoms with van der Waals surface area (Å²) in [6, 6.07) is 4.24. The van der Waals surface area contributed by atoms with Gasteiger partial charge in [0.15, 0.2) is 5.96 Å². The van der Waals surface area contributed by atoms with Crippen LogP contribution in [0.15, 0.2) is 23.3 Å². The molecule has 2 N–H and O–H groups in total. The minimum Gasteiger partial charge on any atom is -0.356 e. The van der Waals surface area contributed by atoms with Crippen molar-refractivity contribution in [3.63, 3.8) is 0 Å². The fraction of sp³-hybridized carbons (Fsp3) is 0.647. The summed E-state index contributed by atoms with van der Waals surface area (Å²) in [6.45, 7) is 11.5. The Morgan fingerprint density at radius 1 is 1.22 bits per heavy atom. The SMILES string of the molecule is CCCNC(=NC)NCc1ccnc(N2CCN(CC)CC2)c1. The molecule has 1 aromatic rings. The Balaban J connectivity index is 1.89. The Morgan fingerprint density at radius 3 is 2.65 bits per heavy atom. The Labute approximate surface area is 140 Å². The molecule has 128 valence electrons. The topological polar surface area (TPSA) is 55.8 Å². The van der Waals surface area contributed by atoms with Crippen molar-refractivity contribution in [1.82, 2.24) is 20.5 Å². The number of hydrogen-bond donors (Lipinski definition) is 2. The van der Waals surface area contributed by atoms with Crippen molar-refractivity contribution >= 4 is 11.8 Å². The number of anilines is 1. The molecule has 6 heteroatoms. The van der Waals surface area contributed by atoms with Crippen molar-refractivity contribution in [2.75, 3.05) is 51.2 Å². The van der Waals surface area contributed by atoms with Crippen LogP contribution in [0, 0.1) is 0 Å². The number of aliphatic imine (C=N–C) groups is 1. The molecule has 2 rings (SSSR count). The normalized spacial score (nSPS) is 16.5. The van der Waals surface area contributed by atoms with E-state index >= 15 is 0 Å². The summed E-state index contributed by atoms with van der Waals surface area (Å²) in [6.07, 6.45) is 2.99. The number of aromatic nitrogens is 1. The molecular weight excluding hydrogens is 288 g/mol. The third-order valence-electron chi connectivity index (χ3n) is 4.18. The summed E-state index contributed by atoms with van der Waals surface area (Å²) in [5.41, 5.74) is 1.23. The van der Waals surface area contributed by atoms with Crippen LogP contribution < -0.4 is 15.5 Å². The zero-order valence-electron chi connectivity index (χ0n) is 14.7. The van der Waals surface area contributed by atoms with Crippen LogP contribution in [-0.4, -0.2) is 62.2 Å². The van der Waals surface area contributed by atoms with Gasteiger partial charge < -0.3 is 20.4 Å². The predicted octanol–water partition coefficient (Wildman–Crippen LogP) is 1.30. The van der Waals surface area contributed by atoms with Crippen molar-refractivity contribution in [1.29, 1.82) is 0 Å². The summed E-state index contributed by atoms with van der Waals surface area (Å²) in [4.78, 5) is 13.6. The molecule has 6 nitrogen and oxygen atoms in total. The first kappa shape index (κ1) is 17.5. The molecule has 1 saturated heterocycles. The standard InChI is InChI=1S/C17H30N6/c1-4-7-20-17(18-3)21-14-15-6-8-19-16(13-15)23-11-9-22(5-2)10-12-23/h6,8,13H,4-5,7,9-12,14H2,1-3H3,(H2,18,20,21). The second kappa shape index (κ2) is 9.35. The maximum absolute atomic E-state index is 4.54. The van der Waals surface area contributed by atoms with E-state index < -0.39 is 0 Å². The predicted molar refractivity (Wildman–Crippen MR) is 97.1 cm³/mol. The van der Waals surface area contributed by atoms with Gasteiger partial charge in [-0.3, -0.25) is 4.99 Å². The first-order valence-electron chi connectivity index (χ1n) is 8.63. The average Bonchev–Trinajstić information content (AvgIpc) is 2.62. The van der Waals surface area contributed by atoms with Crippen molar-refractivity contribution < 1.29 is 0 Å². The number of rotatable bonds is 6. The first-order valence-corrected chi connectivity index (χ1v) is 8.63. The Hall–Kier alpha value is -1.82. The Bertz CT molecular complexity index is 494. The molecule has 0 aromatic carbocycles.